The summed E-state index contributed by atoms with van der Waals surface area (Å²) in [6.45, 7) is 2.21. The summed E-state index contributed by atoms with van der Waals surface area (Å²) < 4.78 is 1.87. The number of fused-ring (bicyclic) bond motifs is 1. The quantitative estimate of drug-likeness (QED) is 0.568. The highest BCUT2D eigenvalue weighted by Crippen LogP contribution is 2.29. The molecule has 0 unspecified atom stereocenters. The topological polar surface area (TPSA) is 116 Å². The first-order valence-electron chi connectivity index (χ1n) is 7.05. The van der Waals surface area contributed by atoms with E-state index in [2.05, 4.69) is 10.3 Å². The maximum absolute atomic E-state index is 11.1. The molecule has 0 aliphatic carbocycles. The first-order valence-corrected chi connectivity index (χ1v) is 7.05. The van der Waals surface area contributed by atoms with Gasteiger partial charge in [0.2, 0.25) is 0 Å². The van der Waals surface area contributed by atoms with Crippen LogP contribution < -0.4 is 5.32 Å². The lowest BCUT2D eigenvalue weighted by molar-refractivity contribution is -0.393. The van der Waals surface area contributed by atoms with Crippen molar-refractivity contribution >= 4 is 22.7 Å². The number of non-ortho nitro benzene ring substituents is 1. The van der Waals surface area contributed by atoms with E-state index in [4.69, 9.17) is 0 Å². The maximum atomic E-state index is 11.1. The predicted octanol–water partition coefficient (Wildman–Crippen LogP) is 3.07. The fraction of sp³-hybridized carbons (Fsp3) is 0.133. The summed E-state index contributed by atoms with van der Waals surface area (Å²) in [7, 11) is 0. The molecule has 0 saturated heterocycles. The second-order valence-electron chi connectivity index (χ2n) is 5.22. The number of hydrogen-bond donors (Lipinski definition) is 1. The number of anilines is 1. The summed E-state index contributed by atoms with van der Waals surface area (Å²) in [5.74, 6) is 0. The number of nitrogens with zero attached hydrogens (tertiary/aromatic N) is 4. The zero-order valence-corrected chi connectivity index (χ0v) is 12.7. The lowest BCUT2D eigenvalue weighted by atomic mass is 10.2. The molecule has 0 amide bonds. The van der Waals surface area contributed by atoms with Gasteiger partial charge < -0.3 is 9.72 Å². The van der Waals surface area contributed by atoms with Gasteiger partial charge in [-0.05, 0) is 24.6 Å². The number of imidazole rings is 1. The van der Waals surface area contributed by atoms with Crippen LogP contribution in [0.5, 0.6) is 0 Å². The van der Waals surface area contributed by atoms with Crippen molar-refractivity contribution in [2.45, 2.75) is 13.5 Å². The molecule has 3 rings (SSSR count). The van der Waals surface area contributed by atoms with Crippen LogP contribution >= 0.6 is 0 Å². The Bertz CT molecular complexity index is 950. The Hall–Kier alpha value is -3.49. The Morgan fingerprint density at radius 2 is 2.00 bits per heavy atom. The van der Waals surface area contributed by atoms with Gasteiger partial charge in [-0.3, -0.25) is 20.2 Å². The van der Waals surface area contributed by atoms with E-state index in [-0.39, 0.29) is 23.6 Å². The van der Waals surface area contributed by atoms with Crippen LogP contribution in [0.25, 0.3) is 5.65 Å². The van der Waals surface area contributed by atoms with Crippen molar-refractivity contribution in [2.24, 2.45) is 0 Å². The largest absolute Gasteiger partial charge is 0.374 e. The summed E-state index contributed by atoms with van der Waals surface area (Å²) in [6, 6.07) is 7.35. The van der Waals surface area contributed by atoms with Crippen molar-refractivity contribution in [2.75, 3.05) is 5.32 Å². The van der Waals surface area contributed by atoms with Crippen LogP contribution in [0.3, 0.4) is 0 Å². The van der Waals surface area contributed by atoms with Crippen molar-refractivity contribution < 1.29 is 9.85 Å². The van der Waals surface area contributed by atoms with E-state index in [0.717, 1.165) is 17.3 Å². The monoisotopic (exact) mass is 327 g/mol. The Morgan fingerprint density at radius 1 is 1.21 bits per heavy atom. The van der Waals surface area contributed by atoms with Crippen LogP contribution in [-0.2, 0) is 6.54 Å². The molecule has 0 bridgehead atoms. The lowest BCUT2D eigenvalue weighted by Crippen LogP contribution is -2.03. The maximum Gasteiger partial charge on any atom is 0.299 e. The van der Waals surface area contributed by atoms with E-state index in [9.17, 15) is 20.2 Å². The third kappa shape index (κ3) is 2.86. The third-order valence-electron chi connectivity index (χ3n) is 3.58. The molecule has 0 aliphatic heterocycles. The number of aryl methyl sites for hydroxylation is 1. The summed E-state index contributed by atoms with van der Waals surface area (Å²) in [4.78, 5) is 25.0. The van der Waals surface area contributed by atoms with Gasteiger partial charge in [-0.2, -0.15) is 0 Å². The molecule has 9 nitrogen and oxygen atoms in total. The molecule has 1 aromatic carbocycles. The van der Waals surface area contributed by atoms with Crippen molar-refractivity contribution in [3.8, 4) is 0 Å². The summed E-state index contributed by atoms with van der Waals surface area (Å²) >= 11 is 0. The molecule has 0 fully saturated rings. The number of rotatable bonds is 5. The highest BCUT2D eigenvalue weighted by molar-refractivity contribution is 5.65. The summed E-state index contributed by atoms with van der Waals surface area (Å²) in [5, 5.41) is 24.8. The fourth-order valence-corrected chi connectivity index (χ4v) is 2.41. The molecule has 0 aliphatic rings. The van der Waals surface area contributed by atoms with Crippen molar-refractivity contribution in [3.63, 3.8) is 0 Å². The van der Waals surface area contributed by atoms with E-state index in [1.54, 1.807) is 0 Å². The van der Waals surface area contributed by atoms with Gasteiger partial charge in [0.25, 0.3) is 11.4 Å². The molecule has 0 spiro atoms. The highest BCUT2D eigenvalue weighted by Gasteiger charge is 2.19. The molecule has 122 valence electrons. The van der Waals surface area contributed by atoms with Crippen molar-refractivity contribution in [1.82, 2.24) is 9.38 Å². The molecule has 0 saturated carbocycles. The second kappa shape index (κ2) is 5.95. The minimum absolute atomic E-state index is 0.208. The van der Waals surface area contributed by atoms with Gasteiger partial charge in [-0.1, -0.05) is 6.07 Å². The highest BCUT2D eigenvalue weighted by atomic mass is 16.6. The number of benzene rings is 1. The zero-order chi connectivity index (χ0) is 17.3. The average Bonchev–Trinajstić information content (AvgIpc) is 2.97. The predicted molar refractivity (Wildman–Crippen MR) is 87.0 cm³/mol. The molecule has 0 radical (unpaired) electrons. The molecular formula is C15H13N5O4. The van der Waals surface area contributed by atoms with Crippen molar-refractivity contribution in [3.05, 3.63) is 74.2 Å². The number of aromatic nitrogens is 2. The van der Waals surface area contributed by atoms with Gasteiger partial charge in [0.05, 0.1) is 28.2 Å². The Morgan fingerprint density at radius 3 is 2.67 bits per heavy atom. The number of pyridine rings is 1. The number of nitro benzene ring substituents is 2. The summed E-state index contributed by atoms with van der Waals surface area (Å²) in [6.07, 6.45) is 3.69. The molecule has 3 aromatic rings. The van der Waals surface area contributed by atoms with Crippen LogP contribution in [0.2, 0.25) is 0 Å². The zero-order valence-electron chi connectivity index (χ0n) is 12.7. The second-order valence-corrected chi connectivity index (χ2v) is 5.22. The Kier molecular flexibility index (Phi) is 3.82. The molecule has 1 N–H and O–H groups in total. The Balaban J connectivity index is 1.86. The first-order chi connectivity index (χ1) is 11.5. The normalized spacial score (nSPS) is 10.7. The third-order valence-corrected chi connectivity index (χ3v) is 3.58. The van der Waals surface area contributed by atoms with E-state index in [1.807, 2.05) is 35.9 Å². The summed E-state index contributed by atoms with van der Waals surface area (Å²) in [5.41, 5.74) is 2.08. The first kappa shape index (κ1) is 15.4. The van der Waals surface area contributed by atoms with Gasteiger partial charge in [-0.25, -0.2) is 4.98 Å². The van der Waals surface area contributed by atoms with E-state index < -0.39 is 9.85 Å². The standard InChI is InChI=1S/C15H13N5O4/c1-10-3-2-6-18-9-11(17-15(10)18)8-16-13-5-4-12(19(21)22)7-14(13)20(23)24/h2-7,9,16H,8H2,1H3. The fourth-order valence-electron chi connectivity index (χ4n) is 2.41. The van der Waals surface area contributed by atoms with Gasteiger partial charge in [0, 0.05) is 18.5 Å². The van der Waals surface area contributed by atoms with Crippen LogP contribution in [-0.4, -0.2) is 19.2 Å². The van der Waals surface area contributed by atoms with Gasteiger partial charge in [-0.15, -0.1) is 0 Å². The molecular weight excluding hydrogens is 314 g/mol. The van der Waals surface area contributed by atoms with Crippen molar-refractivity contribution in [1.29, 1.82) is 0 Å². The van der Waals surface area contributed by atoms with Crippen LogP contribution in [0, 0.1) is 27.2 Å². The number of hydrogen-bond acceptors (Lipinski definition) is 6. The van der Waals surface area contributed by atoms with Crippen LogP contribution in [0.1, 0.15) is 11.3 Å². The van der Waals surface area contributed by atoms with E-state index in [0.29, 0.717) is 5.69 Å². The molecule has 2 heterocycles. The van der Waals surface area contributed by atoms with Gasteiger partial charge in [0.1, 0.15) is 11.3 Å². The minimum Gasteiger partial charge on any atom is -0.374 e. The number of nitrogens with one attached hydrogen (secondary N) is 1. The van der Waals surface area contributed by atoms with Gasteiger partial charge in [0.15, 0.2) is 0 Å². The van der Waals surface area contributed by atoms with Gasteiger partial charge >= 0.3 is 0 Å². The lowest BCUT2D eigenvalue weighted by Gasteiger charge is -2.05. The molecule has 2 aromatic heterocycles. The average molecular weight is 327 g/mol. The number of nitro groups is 2. The smallest absolute Gasteiger partial charge is 0.299 e. The Labute approximate surface area is 135 Å². The van der Waals surface area contributed by atoms with Crippen LogP contribution in [0.15, 0.2) is 42.7 Å². The van der Waals surface area contributed by atoms with E-state index in [1.165, 1.54) is 12.1 Å². The molecule has 24 heavy (non-hydrogen) atoms. The van der Waals surface area contributed by atoms with Crippen LogP contribution in [0.4, 0.5) is 17.1 Å². The molecule has 0 atom stereocenters. The SMILES string of the molecule is Cc1cccn2cc(CNc3ccc([N+](=O)[O-])cc3[N+](=O)[O-])nc12. The molecule has 9 heteroatoms. The van der Waals surface area contributed by atoms with E-state index >= 15 is 0 Å². The minimum atomic E-state index is -0.665.